The number of rotatable bonds is 9. The Labute approximate surface area is 122 Å². The van der Waals surface area contributed by atoms with Crippen LogP contribution in [0.5, 0.6) is 0 Å². The van der Waals surface area contributed by atoms with Gasteiger partial charge in [-0.05, 0) is 19.8 Å². The summed E-state index contributed by atoms with van der Waals surface area (Å²) in [4.78, 5) is 11.7. The van der Waals surface area contributed by atoms with Gasteiger partial charge in [0.25, 0.3) is 16.0 Å². The van der Waals surface area contributed by atoms with Crippen LogP contribution in [-0.2, 0) is 14.9 Å². The van der Waals surface area contributed by atoms with E-state index in [0.717, 1.165) is 6.42 Å². The minimum absolute atomic E-state index is 0.0510. The second-order valence-corrected chi connectivity index (χ2v) is 7.25. The highest BCUT2D eigenvalue weighted by atomic mass is 32.2. The molecule has 0 spiro atoms. The molecular formula is C13H27N2O4S+. The van der Waals surface area contributed by atoms with Crippen molar-refractivity contribution in [1.29, 1.82) is 0 Å². The molecule has 0 saturated carbocycles. The van der Waals surface area contributed by atoms with Crippen molar-refractivity contribution in [3.8, 4) is 0 Å². The van der Waals surface area contributed by atoms with E-state index < -0.39 is 10.1 Å². The highest BCUT2D eigenvalue weighted by Crippen LogP contribution is 2.11. The summed E-state index contributed by atoms with van der Waals surface area (Å²) in [7, 11) is 0.0867. The Bertz CT molecular complexity index is 443. The number of unbranched alkanes of at least 4 members (excludes halogenated alkanes) is 1. The molecule has 118 valence electrons. The van der Waals surface area contributed by atoms with Gasteiger partial charge in [0.1, 0.15) is 0 Å². The van der Waals surface area contributed by atoms with Crippen molar-refractivity contribution in [2.45, 2.75) is 39.3 Å². The number of nitrogens with one attached hydrogen (secondary N) is 1. The number of hydrogen-bond acceptors (Lipinski definition) is 3. The van der Waals surface area contributed by atoms with Crippen LogP contribution in [0.3, 0.4) is 0 Å². The molecule has 1 atom stereocenters. The SMILES string of the molecule is C=C(C)C(=O)NC(CC)[N+](C)(C)CCCCS(=O)(=O)O. The van der Waals surface area contributed by atoms with Crippen molar-refractivity contribution >= 4 is 16.0 Å². The Hall–Kier alpha value is -0.920. The Balaban J connectivity index is 4.43. The minimum Gasteiger partial charge on any atom is -0.309 e. The number of hydrogen-bond donors (Lipinski definition) is 2. The van der Waals surface area contributed by atoms with E-state index in [9.17, 15) is 13.2 Å². The molecule has 0 heterocycles. The zero-order valence-corrected chi connectivity index (χ0v) is 13.7. The normalized spacial score (nSPS) is 13.8. The van der Waals surface area contributed by atoms with Crippen molar-refractivity contribution in [3.63, 3.8) is 0 Å². The summed E-state index contributed by atoms with van der Waals surface area (Å²) in [6.07, 6.45) is 1.78. The lowest BCUT2D eigenvalue weighted by atomic mass is 10.2. The van der Waals surface area contributed by atoms with Crippen LogP contribution in [0.2, 0.25) is 0 Å². The summed E-state index contributed by atoms with van der Waals surface area (Å²) in [5, 5.41) is 2.93. The first-order chi connectivity index (χ1) is 8.99. The fraction of sp³-hybridized carbons (Fsp3) is 0.769. The van der Waals surface area contributed by atoms with Crippen LogP contribution in [-0.4, -0.2) is 55.9 Å². The summed E-state index contributed by atoms with van der Waals surface area (Å²) >= 11 is 0. The summed E-state index contributed by atoms with van der Waals surface area (Å²) in [5.74, 6) is -0.386. The minimum atomic E-state index is -3.89. The number of amides is 1. The molecule has 7 heteroatoms. The lowest BCUT2D eigenvalue weighted by Crippen LogP contribution is -2.57. The molecule has 0 aromatic rings. The molecule has 1 amide bonds. The van der Waals surface area contributed by atoms with Gasteiger partial charge in [-0.15, -0.1) is 0 Å². The lowest BCUT2D eigenvalue weighted by molar-refractivity contribution is -0.917. The first-order valence-corrected chi connectivity index (χ1v) is 8.34. The van der Waals surface area contributed by atoms with Crippen molar-refractivity contribution in [1.82, 2.24) is 5.32 Å². The molecule has 0 aliphatic rings. The number of carbonyl (C=O) groups excluding carboxylic acids is 1. The van der Waals surface area contributed by atoms with Crippen LogP contribution in [0.15, 0.2) is 12.2 Å². The van der Waals surface area contributed by atoms with E-state index in [1.165, 1.54) is 0 Å². The van der Waals surface area contributed by atoms with Crippen LogP contribution in [0, 0.1) is 0 Å². The number of carbonyl (C=O) groups is 1. The summed E-state index contributed by atoms with van der Waals surface area (Å²) in [6.45, 7) is 7.97. The molecule has 2 N–H and O–H groups in total. The zero-order chi connectivity index (χ0) is 16.0. The average Bonchev–Trinajstić information content (AvgIpc) is 2.29. The average molecular weight is 307 g/mol. The Morgan fingerprint density at radius 2 is 1.90 bits per heavy atom. The zero-order valence-electron chi connectivity index (χ0n) is 12.8. The predicted octanol–water partition coefficient (Wildman–Crippen LogP) is 1.16. The smallest absolute Gasteiger partial charge is 0.264 e. The van der Waals surface area contributed by atoms with Gasteiger partial charge in [0.15, 0.2) is 6.17 Å². The van der Waals surface area contributed by atoms with Gasteiger partial charge in [0, 0.05) is 12.0 Å². The van der Waals surface area contributed by atoms with Gasteiger partial charge >= 0.3 is 0 Å². The third kappa shape index (κ3) is 7.62. The van der Waals surface area contributed by atoms with E-state index in [0.29, 0.717) is 29.4 Å². The van der Waals surface area contributed by atoms with Crippen molar-refractivity contribution in [2.24, 2.45) is 0 Å². The number of nitrogens with zero attached hydrogens (tertiary/aromatic N) is 1. The van der Waals surface area contributed by atoms with Gasteiger partial charge in [-0.2, -0.15) is 8.42 Å². The molecule has 0 bridgehead atoms. The van der Waals surface area contributed by atoms with Crippen molar-refractivity contribution < 1.29 is 22.2 Å². The molecule has 0 aliphatic heterocycles. The van der Waals surface area contributed by atoms with Crippen molar-refractivity contribution in [2.75, 3.05) is 26.4 Å². The van der Waals surface area contributed by atoms with Crippen molar-refractivity contribution in [3.05, 3.63) is 12.2 Å². The van der Waals surface area contributed by atoms with Crippen LogP contribution in [0.4, 0.5) is 0 Å². The highest BCUT2D eigenvalue weighted by molar-refractivity contribution is 7.85. The summed E-state index contributed by atoms with van der Waals surface area (Å²) < 4.78 is 30.5. The summed E-state index contributed by atoms with van der Waals surface area (Å²) in [5.41, 5.74) is 0.467. The second-order valence-electron chi connectivity index (χ2n) is 5.67. The van der Waals surface area contributed by atoms with Crippen LogP contribution >= 0.6 is 0 Å². The third-order valence-corrected chi connectivity index (χ3v) is 4.11. The Kier molecular flexibility index (Phi) is 7.40. The van der Waals surface area contributed by atoms with Crippen LogP contribution in [0.1, 0.15) is 33.1 Å². The monoisotopic (exact) mass is 307 g/mol. The molecular weight excluding hydrogens is 280 g/mol. The highest BCUT2D eigenvalue weighted by Gasteiger charge is 2.27. The molecule has 0 saturated heterocycles. The molecule has 0 aromatic carbocycles. The maximum atomic E-state index is 11.7. The molecule has 0 rings (SSSR count). The van der Waals surface area contributed by atoms with Gasteiger partial charge in [-0.1, -0.05) is 13.5 Å². The van der Waals surface area contributed by atoms with Gasteiger partial charge < -0.3 is 9.80 Å². The fourth-order valence-corrected chi connectivity index (χ4v) is 2.57. The Morgan fingerprint density at radius 3 is 2.30 bits per heavy atom. The fourth-order valence-electron chi connectivity index (χ4n) is 2.01. The van der Waals surface area contributed by atoms with E-state index >= 15 is 0 Å². The van der Waals surface area contributed by atoms with E-state index in [1.807, 2.05) is 21.0 Å². The van der Waals surface area contributed by atoms with E-state index in [2.05, 4.69) is 11.9 Å². The third-order valence-electron chi connectivity index (χ3n) is 3.30. The van der Waals surface area contributed by atoms with E-state index in [4.69, 9.17) is 4.55 Å². The maximum absolute atomic E-state index is 11.7. The van der Waals surface area contributed by atoms with E-state index in [1.54, 1.807) is 6.92 Å². The maximum Gasteiger partial charge on any atom is 0.264 e. The second kappa shape index (κ2) is 7.75. The van der Waals surface area contributed by atoms with Gasteiger partial charge in [0.05, 0.1) is 26.4 Å². The van der Waals surface area contributed by atoms with Gasteiger partial charge in [-0.3, -0.25) is 9.35 Å². The molecule has 6 nitrogen and oxygen atoms in total. The van der Waals surface area contributed by atoms with E-state index in [-0.39, 0.29) is 17.8 Å². The molecule has 1 unspecified atom stereocenters. The Morgan fingerprint density at radius 1 is 1.35 bits per heavy atom. The topological polar surface area (TPSA) is 83.5 Å². The van der Waals surface area contributed by atoms with Crippen LogP contribution < -0.4 is 5.32 Å². The molecule has 0 aromatic heterocycles. The first kappa shape index (κ1) is 19.1. The molecule has 20 heavy (non-hydrogen) atoms. The standard InChI is InChI=1S/C13H26N2O4S/c1-6-12(14-13(16)11(2)3)15(4,5)9-7-8-10-20(17,18)19/h12H,2,6-10H2,1,3-5H3,(H-,14,16,17,18,19)/p+1. The van der Waals surface area contributed by atoms with Gasteiger partial charge in [0.2, 0.25) is 0 Å². The molecule has 0 fully saturated rings. The molecule has 0 aliphatic carbocycles. The number of quaternary nitrogens is 1. The van der Waals surface area contributed by atoms with Gasteiger partial charge in [-0.25, -0.2) is 0 Å². The van der Waals surface area contributed by atoms with Crippen LogP contribution in [0.25, 0.3) is 0 Å². The lowest BCUT2D eigenvalue weighted by Gasteiger charge is -2.38. The summed E-state index contributed by atoms with van der Waals surface area (Å²) in [6, 6.07) is 0. The molecule has 0 radical (unpaired) electrons. The quantitative estimate of drug-likeness (QED) is 0.220. The first-order valence-electron chi connectivity index (χ1n) is 6.74. The predicted molar refractivity (Wildman–Crippen MR) is 79.7 cm³/mol. The largest absolute Gasteiger partial charge is 0.309 e.